The molecule has 0 fully saturated rings. The molecule has 0 bridgehead atoms. The van der Waals surface area contributed by atoms with Gasteiger partial charge in [-0.2, -0.15) is 0 Å². The van der Waals surface area contributed by atoms with Crippen LogP contribution in [0.25, 0.3) is 21.3 Å². The summed E-state index contributed by atoms with van der Waals surface area (Å²) in [5.74, 6) is -0.245. The Labute approximate surface area is 176 Å². The van der Waals surface area contributed by atoms with Crippen LogP contribution < -0.4 is 10.9 Å². The van der Waals surface area contributed by atoms with Gasteiger partial charge < -0.3 is 5.32 Å². The second-order valence-electron chi connectivity index (χ2n) is 6.57. The molecule has 146 valence electrons. The molecule has 0 aliphatic heterocycles. The van der Waals surface area contributed by atoms with Gasteiger partial charge in [-0.15, -0.1) is 11.3 Å². The van der Waals surface area contributed by atoms with Gasteiger partial charge >= 0.3 is 0 Å². The Balaban J connectivity index is 1.76. The van der Waals surface area contributed by atoms with E-state index in [0.29, 0.717) is 27.3 Å². The Morgan fingerprint density at radius 3 is 2.59 bits per heavy atom. The summed E-state index contributed by atoms with van der Waals surface area (Å²) in [5, 5.41) is 5.94. The number of carbonyl (C=O) groups excluding carboxylic acids is 1. The van der Waals surface area contributed by atoms with E-state index in [2.05, 4.69) is 10.3 Å². The summed E-state index contributed by atoms with van der Waals surface area (Å²) in [6.45, 7) is 1.87. The number of anilines is 1. The zero-order valence-electron chi connectivity index (χ0n) is 15.6. The number of para-hydroxylation sites is 1. The van der Waals surface area contributed by atoms with Gasteiger partial charge in [-0.1, -0.05) is 48.9 Å². The highest BCUT2D eigenvalue weighted by Gasteiger charge is 2.22. The van der Waals surface area contributed by atoms with E-state index in [1.807, 2.05) is 54.8 Å². The van der Waals surface area contributed by atoms with E-state index in [9.17, 15) is 9.59 Å². The molecule has 7 heteroatoms. The smallest absolute Gasteiger partial charge is 0.263 e. The molecule has 0 radical (unpaired) electrons. The van der Waals surface area contributed by atoms with E-state index in [-0.39, 0.29) is 11.5 Å². The number of hydrogen-bond donors (Lipinski definition) is 1. The highest BCUT2D eigenvalue weighted by molar-refractivity contribution is 7.17. The van der Waals surface area contributed by atoms with Crippen LogP contribution in [0.2, 0.25) is 5.02 Å². The van der Waals surface area contributed by atoms with Gasteiger partial charge in [0.15, 0.2) is 0 Å². The standard InChI is InChI=1S/C22H18ClN3O2S/c1-2-18(20(27)25-16-6-4-3-5-7-16)26-13-24-21-19(22(26)28)17(12-29-21)14-8-10-15(23)11-9-14/h3-13,18H,2H2,1H3,(H,25,27). The molecule has 5 nitrogen and oxygen atoms in total. The number of benzene rings is 2. The van der Waals surface area contributed by atoms with E-state index in [1.165, 1.54) is 22.2 Å². The number of fused-ring (bicyclic) bond motifs is 1. The Hall–Kier alpha value is -2.96. The zero-order chi connectivity index (χ0) is 20.4. The van der Waals surface area contributed by atoms with Crippen LogP contribution in [0.3, 0.4) is 0 Å². The monoisotopic (exact) mass is 423 g/mol. The predicted molar refractivity (Wildman–Crippen MR) is 119 cm³/mol. The third-order valence-corrected chi connectivity index (χ3v) is 5.88. The first-order valence-corrected chi connectivity index (χ1v) is 10.4. The van der Waals surface area contributed by atoms with Gasteiger partial charge in [0.2, 0.25) is 5.91 Å². The molecule has 2 heterocycles. The molecule has 29 heavy (non-hydrogen) atoms. The molecule has 4 rings (SSSR count). The summed E-state index contributed by atoms with van der Waals surface area (Å²) in [7, 11) is 0. The lowest BCUT2D eigenvalue weighted by Crippen LogP contribution is -2.33. The largest absolute Gasteiger partial charge is 0.324 e. The Bertz CT molecular complexity index is 1220. The first kappa shape index (κ1) is 19.4. The number of carbonyl (C=O) groups is 1. The van der Waals surface area contributed by atoms with E-state index in [4.69, 9.17) is 11.6 Å². The Kier molecular flexibility index (Phi) is 5.47. The lowest BCUT2D eigenvalue weighted by atomic mass is 10.1. The number of nitrogens with zero attached hydrogens (tertiary/aromatic N) is 2. The van der Waals surface area contributed by atoms with Gasteiger partial charge in [0.05, 0.1) is 11.7 Å². The van der Waals surface area contributed by atoms with Crippen molar-refractivity contribution in [1.29, 1.82) is 0 Å². The maximum absolute atomic E-state index is 13.3. The molecule has 0 saturated heterocycles. The summed E-state index contributed by atoms with van der Waals surface area (Å²) >= 11 is 7.40. The minimum absolute atomic E-state index is 0.226. The zero-order valence-corrected chi connectivity index (χ0v) is 17.2. The molecule has 2 aromatic carbocycles. The van der Waals surface area contributed by atoms with Crippen LogP contribution in [0.1, 0.15) is 19.4 Å². The van der Waals surface area contributed by atoms with Gasteiger partial charge in [0.1, 0.15) is 10.9 Å². The summed E-state index contributed by atoms with van der Waals surface area (Å²) in [6.07, 6.45) is 1.93. The second-order valence-corrected chi connectivity index (χ2v) is 7.87. The summed E-state index contributed by atoms with van der Waals surface area (Å²) in [4.78, 5) is 31.3. The maximum atomic E-state index is 13.3. The summed E-state index contributed by atoms with van der Waals surface area (Å²) in [5.41, 5.74) is 2.15. The van der Waals surface area contributed by atoms with Crippen molar-refractivity contribution in [3.63, 3.8) is 0 Å². The van der Waals surface area contributed by atoms with Crippen LogP contribution in [-0.4, -0.2) is 15.5 Å². The van der Waals surface area contributed by atoms with E-state index < -0.39 is 6.04 Å². The van der Waals surface area contributed by atoms with Crippen LogP contribution >= 0.6 is 22.9 Å². The fourth-order valence-corrected chi connectivity index (χ4v) is 4.30. The molecule has 0 aliphatic rings. The number of amides is 1. The lowest BCUT2D eigenvalue weighted by Gasteiger charge is -2.17. The van der Waals surface area contributed by atoms with Crippen LogP contribution in [0.5, 0.6) is 0 Å². The highest BCUT2D eigenvalue weighted by atomic mass is 35.5. The first-order valence-electron chi connectivity index (χ1n) is 9.18. The number of halogens is 1. The number of nitrogens with one attached hydrogen (secondary N) is 1. The number of aromatic nitrogens is 2. The molecule has 0 saturated carbocycles. The van der Waals surface area contributed by atoms with Gasteiger partial charge in [-0.25, -0.2) is 4.98 Å². The van der Waals surface area contributed by atoms with Gasteiger partial charge in [-0.3, -0.25) is 14.2 Å². The number of hydrogen-bond acceptors (Lipinski definition) is 4. The highest BCUT2D eigenvalue weighted by Crippen LogP contribution is 2.31. The van der Waals surface area contributed by atoms with Crippen molar-refractivity contribution >= 4 is 44.7 Å². The Morgan fingerprint density at radius 2 is 1.90 bits per heavy atom. The van der Waals surface area contributed by atoms with Crippen molar-refractivity contribution < 1.29 is 4.79 Å². The Morgan fingerprint density at radius 1 is 1.17 bits per heavy atom. The maximum Gasteiger partial charge on any atom is 0.263 e. The summed E-state index contributed by atoms with van der Waals surface area (Å²) in [6, 6.07) is 15.9. The quantitative estimate of drug-likeness (QED) is 0.469. The van der Waals surface area contributed by atoms with Crippen molar-refractivity contribution in [3.8, 4) is 11.1 Å². The average Bonchev–Trinajstić information content (AvgIpc) is 3.16. The SMILES string of the molecule is CCC(C(=O)Nc1ccccc1)n1cnc2scc(-c3ccc(Cl)cc3)c2c1=O. The number of thiophene rings is 1. The van der Waals surface area contributed by atoms with Crippen LogP contribution in [-0.2, 0) is 4.79 Å². The minimum atomic E-state index is -0.655. The molecule has 1 atom stereocenters. The average molecular weight is 424 g/mol. The second kappa shape index (κ2) is 8.19. The summed E-state index contributed by atoms with van der Waals surface area (Å²) < 4.78 is 1.42. The van der Waals surface area contributed by atoms with Gasteiger partial charge in [-0.05, 0) is 36.2 Å². The topological polar surface area (TPSA) is 64.0 Å². The van der Waals surface area contributed by atoms with Crippen molar-refractivity contribution in [3.05, 3.63) is 81.7 Å². The minimum Gasteiger partial charge on any atom is -0.324 e. The molecular weight excluding hydrogens is 406 g/mol. The van der Waals surface area contributed by atoms with Crippen LogP contribution in [0.15, 0.2) is 71.1 Å². The van der Waals surface area contributed by atoms with E-state index in [1.54, 1.807) is 12.1 Å². The predicted octanol–water partition coefficient (Wildman–Crippen LogP) is 5.37. The molecule has 1 unspecified atom stereocenters. The van der Waals surface area contributed by atoms with E-state index in [0.717, 1.165) is 11.1 Å². The van der Waals surface area contributed by atoms with Crippen molar-refractivity contribution in [2.24, 2.45) is 0 Å². The molecule has 4 aromatic rings. The van der Waals surface area contributed by atoms with Crippen LogP contribution in [0.4, 0.5) is 5.69 Å². The fraction of sp³-hybridized carbons (Fsp3) is 0.136. The third kappa shape index (κ3) is 3.81. The van der Waals surface area contributed by atoms with E-state index >= 15 is 0 Å². The van der Waals surface area contributed by atoms with Gasteiger partial charge in [0.25, 0.3) is 5.56 Å². The first-order chi connectivity index (χ1) is 14.1. The lowest BCUT2D eigenvalue weighted by molar-refractivity contribution is -0.119. The molecule has 0 spiro atoms. The normalized spacial score (nSPS) is 12.1. The third-order valence-electron chi connectivity index (χ3n) is 4.74. The van der Waals surface area contributed by atoms with Gasteiger partial charge in [0, 0.05) is 21.7 Å². The fourth-order valence-electron chi connectivity index (χ4n) is 3.26. The van der Waals surface area contributed by atoms with Crippen LogP contribution in [0, 0.1) is 0 Å². The van der Waals surface area contributed by atoms with Crippen molar-refractivity contribution in [1.82, 2.24) is 9.55 Å². The molecule has 1 amide bonds. The number of rotatable bonds is 5. The van der Waals surface area contributed by atoms with Crippen molar-refractivity contribution in [2.45, 2.75) is 19.4 Å². The molecule has 1 N–H and O–H groups in total. The van der Waals surface area contributed by atoms with Crippen molar-refractivity contribution in [2.75, 3.05) is 5.32 Å². The molecule has 0 aliphatic carbocycles. The molecular formula is C22H18ClN3O2S. The molecule has 2 aromatic heterocycles.